The van der Waals surface area contributed by atoms with Gasteiger partial charge in [-0.05, 0) is 48.0 Å². The molecule has 0 saturated heterocycles. The maximum atomic E-state index is 12.2. The molecule has 11 heteroatoms. The average molecular weight is 458 g/mol. The Morgan fingerprint density at radius 2 is 1.72 bits per heavy atom. The van der Waals surface area contributed by atoms with Crippen LogP contribution in [0.25, 0.3) is 0 Å². The average Bonchev–Trinajstić information content (AvgIpc) is 2.59. The van der Waals surface area contributed by atoms with Gasteiger partial charge in [-0.2, -0.15) is 5.10 Å². The van der Waals surface area contributed by atoms with Crippen molar-refractivity contribution in [3.8, 4) is 5.75 Å². The third-order valence-corrected chi connectivity index (χ3v) is 4.94. The van der Waals surface area contributed by atoms with Gasteiger partial charge < -0.3 is 4.74 Å². The molecular formula is C18H17Cl2N3O5S. The number of carbonyl (C=O) groups is 2. The summed E-state index contributed by atoms with van der Waals surface area (Å²) in [6, 6.07) is 10.6. The first-order valence-electron chi connectivity index (χ1n) is 8.09. The van der Waals surface area contributed by atoms with Crippen LogP contribution in [0.1, 0.15) is 12.5 Å². The maximum absolute atomic E-state index is 12.2. The van der Waals surface area contributed by atoms with E-state index in [2.05, 4.69) is 10.5 Å². The number of esters is 1. The van der Waals surface area contributed by atoms with E-state index in [1.165, 1.54) is 31.3 Å². The second-order valence-corrected chi connectivity index (χ2v) is 8.63. The summed E-state index contributed by atoms with van der Waals surface area (Å²) in [5, 5.41) is 4.26. The molecule has 1 N–H and O–H groups in total. The first-order chi connectivity index (χ1) is 13.5. The molecule has 0 radical (unpaired) electrons. The van der Waals surface area contributed by atoms with Crippen molar-refractivity contribution in [2.24, 2.45) is 5.10 Å². The Kier molecular flexibility index (Phi) is 7.60. The summed E-state index contributed by atoms with van der Waals surface area (Å²) in [6.07, 6.45) is 2.32. The number of anilines is 1. The van der Waals surface area contributed by atoms with Crippen LogP contribution in [0.3, 0.4) is 0 Å². The molecule has 2 rings (SSSR count). The van der Waals surface area contributed by atoms with Crippen molar-refractivity contribution in [3.05, 3.63) is 58.1 Å². The van der Waals surface area contributed by atoms with Crippen LogP contribution in [-0.4, -0.2) is 39.3 Å². The highest BCUT2D eigenvalue weighted by Gasteiger charge is 2.21. The molecule has 0 unspecified atom stereocenters. The smallest absolute Gasteiger partial charge is 0.308 e. The number of benzene rings is 2. The fraction of sp³-hybridized carbons (Fsp3) is 0.167. The fourth-order valence-corrected chi connectivity index (χ4v) is 3.57. The molecule has 8 nitrogen and oxygen atoms in total. The summed E-state index contributed by atoms with van der Waals surface area (Å²) in [5.74, 6) is -0.725. The SMILES string of the molecule is CC(=O)Oc1ccc(/C=N\NC(=O)CN(c2cc(Cl)cc(Cl)c2)S(C)(=O)=O)cc1. The molecule has 0 atom stereocenters. The summed E-state index contributed by atoms with van der Waals surface area (Å²) in [5.41, 5.74) is 3.04. The molecule has 29 heavy (non-hydrogen) atoms. The Morgan fingerprint density at radius 3 is 2.24 bits per heavy atom. The van der Waals surface area contributed by atoms with Gasteiger partial charge in [0.15, 0.2) is 0 Å². The number of hydrogen-bond acceptors (Lipinski definition) is 6. The predicted molar refractivity (Wildman–Crippen MR) is 112 cm³/mol. The monoisotopic (exact) mass is 457 g/mol. The summed E-state index contributed by atoms with van der Waals surface area (Å²) < 4.78 is 29.9. The van der Waals surface area contributed by atoms with E-state index in [4.69, 9.17) is 27.9 Å². The van der Waals surface area contributed by atoms with Crippen molar-refractivity contribution in [2.45, 2.75) is 6.92 Å². The Morgan fingerprint density at radius 1 is 1.14 bits per heavy atom. The molecule has 0 aliphatic carbocycles. The van der Waals surface area contributed by atoms with Crippen LogP contribution in [0.4, 0.5) is 5.69 Å². The summed E-state index contributed by atoms with van der Waals surface area (Å²) in [6.45, 7) is 0.778. The van der Waals surface area contributed by atoms with Crippen LogP contribution in [0.15, 0.2) is 47.6 Å². The lowest BCUT2D eigenvalue weighted by molar-refractivity contribution is -0.131. The summed E-state index contributed by atoms with van der Waals surface area (Å²) in [7, 11) is -3.78. The molecule has 0 fully saturated rings. The van der Waals surface area contributed by atoms with Crippen LogP contribution in [0, 0.1) is 0 Å². The minimum absolute atomic E-state index is 0.158. The lowest BCUT2D eigenvalue weighted by Crippen LogP contribution is -2.39. The van der Waals surface area contributed by atoms with E-state index < -0.39 is 28.4 Å². The van der Waals surface area contributed by atoms with Crippen molar-refractivity contribution in [1.29, 1.82) is 0 Å². The molecule has 0 aromatic heterocycles. The molecular weight excluding hydrogens is 441 g/mol. The molecule has 0 spiro atoms. The molecule has 0 aliphatic rings. The fourth-order valence-electron chi connectivity index (χ4n) is 2.22. The summed E-state index contributed by atoms with van der Waals surface area (Å²) >= 11 is 11.8. The first-order valence-corrected chi connectivity index (χ1v) is 10.7. The second kappa shape index (κ2) is 9.73. The molecule has 0 heterocycles. The van der Waals surface area contributed by atoms with E-state index in [0.717, 1.165) is 10.6 Å². The van der Waals surface area contributed by atoms with Gasteiger partial charge in [0.1, 0.15) is 12.3 Å². The lowest BCUT2D eigenvalue weighted by Gasteiger charge is -2.21. The minimum atomic E-state index is -3.78. The molecule has 2 aromatic rings. The van der Waals surface area contributed by atoms with Crippen LogP contribution < -0.4 is 14.5 Å². The molecule has 0 bridgehead atoms. The van der Waals surface area contributed by atoms with Gasteiger partial charge in [0.2, 0.25) is 10.0 Å². The Labute approximate surface area is 178 Å². The zero-order valence-corrected chi connectivity index (χ0v) is 17.8. The third-order valence-electron chi connectivity index (χ3n) is 3.37. The summed E-state index contributed by atoms with van der Waals surface area (Å²) in [4.78, 5) is 23.0. The van der Waals surface area contributed by atoms with Crippen molar-refractivity contribution >= 4 is 57.0 Å². The van der Waals surface area contributed by atoms with E-state index in [-0.39, 0.29) is 15.7 Å². The van der Waals surface area contributed by atoms with Crippen molar-refractivity contribution < 1.29 is 22.7 Å². The number of halogens is 2. The Hall–Kier alpha value is -2.62. The zero-order valence-electron chi connectivity index (χ0n) is 15.4. The molecule has 154 valence electrons. The first kappa shape index (κ1) is 22.7. The number of nitrogens with zero attached hydrogens (tertiary/aromatic N) is 2. The number of sulfonamides is 1. The largest absolute Gasteiger partial charge is 0.427 e. The van der Waals surface area contributed by atoms with Gasteiger partial charge in [-0.25, -0.2) is 13.8 Å². The van der Waals surface area contributed by atoms with Gasteiger partial charge in [0.25, 0.3) is 5.91 Å². The minimum Gasteiger partial charge on any atom is -0.427 e. The third kappa shape index (κ3) is 7.37. The topological polar surface area (TPSA) is 105 Å². The van der Waals surface area contributed by atoms with Gasteiger partial charge in [-0.3, -0.25) is 13.9 Å². The number of hydrazone groups is 1. The van der Waals surface area contributed by atoms with E-state index >= 15 is 0 Å². The number of rotatable bonds is 7. The molecule has 2 aromatic carbocycles. The molecule has 0 aliphatic heterocycles. The van der Waals surface area contributed by atoms with Gasteiger partial charge in [0.05, 0.1) is 18.2 Å². The van der Waals surface area contributed by atoms with Crippen LogP contribution in [0.2, 0.25) is 10.0 Å². The van der Waals surface area contributed by atoms with Gasteiger partial charge >= 0.3 is 5.97 Å². The second-order valence-electron chi connectivity index (χ2n) is 5.85. The lowest BCUT2D eigenvalue weighted by atomic mass is 10.2. The van der Waals surface area contributed by atoms with Crippen molar-refractivity contribution in [3.63, 3.8) is 0 Å². The Bertz CT molecular complexity index is 1020. The maximum Gasteiger partial charge on any atom is 0.308 e. The highest BCUT2D eigenvalue weighted by atomic mass is 35.5. The standard InChI is InChI=1S/C18H17Cl2N3O5S/c1-12(24)28-17-5-3-13(4-6-17)10-21-22-18(25)11-23(29(2,26)27)16-8-14(19)7-15(20)9-16/h3-10H,11H2,1-2H3,(H,22,25)/b21-10-. The highest BCUT2D eigenvalue weighted by molar-refractivity contribution is 7.92. The number of carbonyl (C=O) groups excluding carboxylic acids is 2. The number of hydrogen-bond donors (Lipinski definition) is 1. The predicted octanol–water partition coefficient (Wildman–Crippen LogP) is 2.84. The molecule has 1 amide bonds. The van der Waals surface area contributed by atoms with Crippen LogP contribution >= 0.6 is 23.2 Å². The van der Waals surface area contributed by atoms with Crippen LogP contribution in [-0.2, 0) is 19.6 Å². The van der Waals surface area contributed by atoms with E-state index in [9.17, 15) is 18.0 Å². The van der Waals surface area contributed by atoms with Gasteiger partial charge in [0, 0.05) is 17.0 Å². The molecule has 0 saturated carbocycles. The van der Waals surface area contributed by atoms with E-state index in [1.54, 1.807) is 24.3 Å². The van der Waals surface area contributed by atoms with Crippen molar-refractivity contribution in [2.75, 3.05) is 17.1 Å². The zero-order chi connectivity index (χ0) is 21.6. The van der Waals surface area contributed by atoms with Gasteiger partial charge in [-0.1, -0.05) is 23.2 Å². The highest BCUT2D eigenvalue weighted by Crippen LogP contribution is 2.26. The van der Waals surface area contributed by atoms with Crippen LogP contribution in [0.5, 0.6) is 5.75 Å². The number of nitrogens with one attached hydrogen (secondary N) is 1. The quantitative estimate of drug-likeness (QED) is 0.297. The Balaban J connectivity index is 2.05. The normalized spacial score (nSPS) is 11.3. The van der Waals surface area contributed by atoms with E-state index in [1.807, 2.05) is 0 Å². The van der Waals surface area contributed by atoms with Crippen molar-refractivity contribution in [1.82, 2.24) is 5.43 Å². The van der Waals surface area contributed by atoms with E-state index in [0.29, 0.717) is 11.3 Å². The van der Waals surface area contributed by atoms with Gasteiger partial charge in [-0.15, -0.1) is 0 Å². The number of ether oxygens (including phenoxy) is 1. The number of amides is 1.